The van der Waals surface area contributed by atoms with E-state index in [4.69, 9.17) is 9.47 Å². The molecule has 3 aromatic rings. The van der Waals surface area contributed by atoms with Crippen molar-refractivity contribution in [3.8, 4) is 22.6 Å². The van der Waals surface area contributed by atoms with Crippen LogP contribution in [0.2, 0.25) is 0 Å². The summed E-state index contributed by atoms with van der Waals surface area (Å²) in [6.45, 7) is 3.32. The summed E-state index contributed by atoms with van der Waals surface area (Å²) >= 11 is 0. The molecule has 2 aromatic carbocycles. The Morgan fingerprint density at radius 2 is 1.76 bits per heavy atom. The minimum Gasteiger partial charge on any atom is -0.486 e. The number of pyridine rings is 1. The molecule has 0 saturated heterocycles. The van der Waals surface area contributed by atoms with E-state index in [1.807, 2.05) is 24.5 Å². The Kier molecular flexibility index (Phi) is 2.78. The van der Waals surface area contributed by atoms with E-state index in [0.717, 1.165) is 22.6 Å². The van der Waals surface area contributed by atoms with Gasteiger partial charge in [0.05, 0.1) is 0 Å². The fraction of sp³-hybridized carbons (Fsp3) is 0.167. The van der Waals surface area contributed by atoms with Gasteiger partial charge in [0.1, 0.15) is 13.2 Å². The maximum absolute atomic E-state index is 5.68. The van der Waals surface area contributed by atoms with Crippen LogP contribution in [0.1, 0.15) is 5.56 Å². The second-order valence-corrected chi connectivity index (χ2v) is 5.22. The topological polar surface area (TPSA) is 31.4 Å². The number of rotatable bonds is 1. The van der Waals surface area contributed by atoms with Crippen LogP contribution in [0.4, 0.5) is 0 Å². The van der Waals surface area contributed by atoms with Crippen LogP contribution in [0.5, 0.6) is 11.5 Å². The van der Waals surface area contributed by atoms with Crippen molar-refractivity contribution in [1.82, 2.24) is 4.98 Å². The van der Waals surface area contributed by atoms with Gasteiger partial charge in [-0.15, -0.1) is 0 Å². The third-order valence-electron chi connectivity index (χ3n) is 3.87. The van der Waals surface area contributed by atoms with Gasteiger partial charge in [-0.2, -0.15) is 0 Å². The number of benzene rings is 2. The molecule has 3 heteroatoms. The first kappa shape index (κ1) is 12.2. The zero-order valence-corrected chi connectivity index (χ0v) is 11.8. The highest BCUT2D eigenvalue weighted by Crippen LogP contribution is 2.36. The molecule has 1 aliphatic heterocycles. The van der Waals surface area contributed by atoms with Crippen LogP contribution in [-0.4, -0.2) is 18.2 Å². The summed E-state index contributed by atoms with van der Waals surface area (Å²) in [6, 6.07) is 12.4. The largest absolute Gasteiger partial charge is 0.486 e. The van der Waals surface area contributed by atoms with Gasteiger partial charge in [0.15, 0.2) is 11.5 Å². The number of hydrogen-bond acceptors (Lipinski definition) is 3. The van der Waals surface area contributed by atoms with Gasteiger partial charge in [0.2, 0.25) is 0 Å². The summed E-state index contributed by atoms with van der Waals surface area (Å²) in [4.78, 5) is 4.39. The molecule has 0 spiro atoms. The Morgan fingerprint density at radius 1 is 0.905 bits per heavy atom. The van der Waals surface area contributed by atoms with E-state index in [-0.39, 0.29) is 0 Å². The molecule has 0 fully saturated rings. The van der Waals surface area contributed by atoms with Gasteiger partial charge in [-0.3, -0.25) is 4.98 Å². The lowest BCUT2D eigenvalue weighted by molar-refractivity contribution is 0.171. The third kappa shape index (κ3) is 2.02. The lowest BCUT2D eigenvalue weighted by Crippen LogP contribution is -2.15. The number of aryl methyl sites for hydroxylation is 1. The van der Waals surface area contributed by atoms with Gasteiger partial charge in [-0.25, -0.2) is 0 Å². The van der Waals surface area contributed by atoms with Crippen molar-refractivity contribution in [1.29, 1.82) is 0 Å². The molecule has 1 aromatic heterocycles. The first-order valence-corrected chi connectivity index (χ1v) is 7.06. The van der Waals surface area contributed by atoms with Gasteiger partial charge in [0, 0.05) is 23.3 Å². The van der Waals surface area contributed by atoms with E-state index in [1.54, 1.807) is 0 Å². The second kappa shape index (κ2) is 4.77. The maximum Gasteiger partial charge on any atom is 0.161 e. The summed E-state index contributed by atoms with van der Waals surface area (Å²) < 4.78 is 11.3. The van der Waals surface area contributed by atoms with Crippen molar-refractivity contribution in [2.75, 3.05) is 13.2 Å². The summed E-state index contributed by atoms with van der Waals surface area (Å²) in [7, 11) is 0. The Morgan fingerprint density at radius 3 is 2.67 bits per heavy atom. The molecule has 0 N–H and O–H groups in total. The predicted molar refractivity (Wildman–Crippen MR) is 82.9 cm³/mol. The smallest absolute Gasteiger partial charge is 0.161 e. The standard InChI is InChI=1S/C18H15NO2/c1-12-3-2-4-14-15(12)10-19-11-16(14)13-5-6-17-18(9-13)21-8-7-20-17/h2-6,9-11H,7-8H2,1H3. The molecule has 0 saturated carbocycles. The van der Waals surface area contributed by atoms with E-state index in [2.05, 4.69) is 36.2 Å². The van der Waals surface area contributed by atoms with Crippen molar-refractivity contribution >= 4 is 10.8 Å². The van der Waals surface area contributed by atoms with Crippen LogP contribution in [0, 0.1) is 6.92 Å². The lowest BCUT2D eigenvalue weighted by Gasteiger charge is -2.19. The Balaban J connectivity index is 1.92. The maximum atomic E-state index is 5.68. The van der Waals surface area contributed by atoms with Crippen LogP contribution < -0.4 is 9.47 Å². The van der Waals surface area contributed by atoms with Crippen LogP contribution in [0.15, 0.2) is 48.8 Å². The number of fused-ring (bicyclic) bond motifs is 2. The number of ether oxygens (including phenoxy) is 2. The molecule has 0 atom stereocenters. The van der Waals surface area contributed by atoms with Crippen molar-refractivity contribution in [2.24, 2.45) is 0 Å². The average molecular weight is 277 g/mol. The minimum atomic E-state index is 0.601. The molecule has 0 bridgehead atoms. The van der Waals surface area contributed by atoms with Crippen LogP contribution in [-0.2, 0) is 0 Å². The SMILES string of the molecule is Cc1cccc2c(-c3ccc4c(c3)OCCO4)cncc12. The molecule has 0 aliphatic carbocycles. The van der Waals surface area contributed by atoms with Gasteiger partial charge in [-0.05, 0) is 35.6 Å². The Bertz CT molecular complexity index is 827. The molecule has 0 unspecified atom stereocenters. The van der Waals surface area contributed by atoms with Crippen molar-refractivity contribution in [2.45, 2.75) is 6.92 Å². The molecule has 104 valence electrons. The van der Waals surface area contributed by atoms with Gasteiger partial charge < -0.3 is 9.47 Å². The van der Waals surface area contributed by atoms with E-state index in [9.17, 15) is 0 Å². The van der Waals surface area contributed by atoms with Crippen LogP contribution in [0.25, 0.3) is 21.9 Å². The molecular weight excluding hydrogens is 262 g/mol. The highest BCUT2D eigenvalue weighted by molar-refractivity contribution is 5.97. The zero-order valence-electron chi connectivity index (χ0n) is 11.8. The molecule has 0 amide bonds. The second-order valence-electron chi connectivity index (χ2n) is 5.22. The molecule has 21 heavy (non-hydrogen) atoms. The summed E-state index contributed by atoms with van der Waals surface area (Å²) in [5, 5.41) is 2.39. The highest BCUT2D eigenvalue weighted by Gasteiger charge is 2.13. The zero-order chi connectivity index (χ0) is 14.2. The van der Waals surface area contributed by atoms with Gasteiger partial charge in [-0.1, -0.05) is 24.3 Å². The Labute approximate surface area is 123 Å². The van der Waals surface area contributed by atoms with E-state index in [1.165, 1.54) is 16.3 Å². The van der Waals surface area contributed by atoms with Gasteiger partial charge >= 0.3 is 0 Å². The summed E-state index contributed by atoms with van der Waals surface area (Å²) in [6.07, 6.45) is 3.83. The molecule has 2 heterocycles. The normalized spacial score (nSPS) is 13.4. The van der Waals surface area contributed by atoms with Crippen LogP contribution in [0.3, 0.4) is 0 Å². The quantitative estimate of drug-likeness (QED) is 0.674. The summed E-state index contributed by atoms with van der Waals surface area (Å²) in [5.74, 6) is 1.62. The van der Waals surface area contributed by atoms with Crippen molar-refractivity contribution in [3.05, 3.63) is 54.4 Å². The average Bonchev–Trinajstić information content (AvgIpc) is 2.54. The third-order valence-corrected chi connectivity index (χ3v) is 3.87. The summed E-state index contributed by atoms with van der Waals surface area (Å²) in [5.41, 5.74) is 3.45. The first-order chi connectivity index (χ1) is 10.3. The van der Waals surface area contributed by atoms with E-state index in [0.29, 0.717) is 13.2 Å². The van der Waals surface area contributed by atoms with Crippen molar-refractivity contribution < 1.29 is 9.47 Å². The first-order valence-electron chi connectivity index (χ1n) is 7.06. The Hall–Kier alpha value is -2.55. The van der Waals surface area contributed by atoms with Crippen molar-refractivity contribution in [3.63, 3.8) is 0 Å². The molecular formula is C18H15NO2. The fourth-order valence-electron chi connectivity index (χ4n) is 2.78. The number of aromatic nitrogens is 1. The van der Waals surface area contributed by atoms with Gasteiger partial charge in [0.25, 0.3) is 0 Å². The lowest BCUT2D eigenvalue weighted by atomic mass is 9.98. The van der Waals surface area contributed by atoms with E-state index < -0.39 is 0 Å². The highest BCUT2D eigenvalue weighted by atomic mass is 16.6. The van der Waals surface area contributed by atoms with Crippen LogP contribution >= 0.6 is 0 Å². The number of nitrogens with zero attached hydrogens (tertiary/aromatic N) is 1. The van der Waals surface area contributed by atoms with E-state index >= 15 is 0 Å². The predicted octanol–water partition coefficient (Wildman–Crippen LogP) is 3.98. The number of hydrogen-bond donors (Lipinski definition) is 0. The molecule has 4 rings (SSSR count). The molecule has 3 nitrogen and oxygen atoms in total. The fourth-order valence-corrected chi connectivity index (χ4v) is 2.78. The monoisotopic (exact) mass is 277 g/mol. The molecule has 0 radical (unpaired) electrons. The minimum absolute atomic E-state index is 0.601. The molecule has 1 aliphatic rings.